The van der Waals surface area contributed by atoms with Crippen molar-refractivity contribution in [2.24, 2.45) is 0 Å². The molecule has 0 radical (unpaired) electrons. The van der Waals surface area contributed by atoms with Crippen molar-refractivity contribution in [3.63, 3.8) is 0 Å². The Bertz CT molecular complexity index is 691. The summed E-state index contributed by atoms with van der Waals surface area (Å²) < 4.78 is 2.05. The minimum Gasteiger partial charge on any atom is -0.308 e. The maximum atomic E-state index is 5.94. The normalized spacial score (nSPS) is 11.0. The average Bonchev–Trinajstić information content (AvgIpc) is 2.67. The number of hydrogen-bond acceptors (Lipinski definition) is 3. The van der Waals surface area contributed by atoms with Crippen LogP contribution >= 0.6 is 11.6 Å². The fraction of sp³-hybridized carbons (Fsp3) is 0.154. The summed E-state index contributed by atoms with van der Waals surface area (Å²) in [7, 11) is 0. The maximum Gasteiger partial charge on any atom is 0.162 e. The van der Waals surface area contributed by atoms with Gasteiger partial charge in [-0.2, -0.15) is 0 Å². The first kappa shape index (κ1) is 11.2. The van der Waals surface area contributed by atoms with Crippen LogP contribution < -0.4 is 0 Å². The fourth-order valence-electron chi connectivity index (χ4n) is 1.95. The van der Waals surface area contributed by atoms with Crippen LogP contribution in [0, 0.1) is 6.92 Å². The highest BCUT2D eigenvalue weighted by atomic mass is 35.5. The smallest absolute Gasteiger partial charge is 0.162 e. The molecule has 0 saturated heterocycles. The molecule has 0 atom stereocenters. The fourth-order valence-corrected chi connectivity index (χ4v) is 2.09. The van der Waals surface area contributed by atoms with Crippen molar-refractivity contribution in [3.05, 3.63) is 53.2 Å². The third-order valence-electron chi connectivity index (χ3n) is 2.84. The lowest BCUT2D eigenvalue weighted by Gasteiger charge is -2.05. The highest BCUT2D eigenvalue weighted by Gasteiger charge is 2.09. The summed E-state index contributed by atoms with van der Waals surface area (Å²) >= 11 is 5.94. The van der Waals surface area contributed by atoms with Crippen LogP contribution in [0.3, 0.4) is 0 Å². The zero-order chi connectivity index (χ0) is 12.5. The van der Waals surface area contributed by atoms with Crippen molar-refractivity contribution in [2.75, 3.05) is 0 Å². The Morgan fingerprint density at radius 1 is 1.11 bits per heavy atom. The highest BCUT2D eigenvalue weighted by molar-refractivity contribution is 6.29. The Labute approximate surface area is 109 Å². The minimum atomic E-state index is 0.485. The second-order valence-electron chi connectivity index (χ2n) is 4.08. The molecule has 0 bridgehead atoms. The number of rotatable bonds is 2. The predicted molar refractivity (Wildman–Crippen MR) is 70.6 cm³/mol. The number of halogens is 1. The molecule has 0 amide bonds. The summed E-state index contributed by atoms with van der Waals surface area (Å²) in [5.74, 6) is 0.927. The number of fused-ring (bicyclic) bond motifs is 1. The summed E-state index contributed by atoms with van der Waals surface area (Å²) in [5.41, 5.74) is 2.84. The van der Waals surface area contributed by atoms with Gasteiger partial charge in [0.2, 0.25) is 0 Å². The number of imidazole rings is 1. The van der Waals surface area contributed by atoms with Gasteiger partial charge in [-0.3, -0.25) is 4.98 Å². The second kappa shape index (κ2) is 4.38. The van der Waals surface area contributed by atoms with Gasteiger partial charge in [0.15, 0.2) is 5.65 Å². The molecular weight excluding hydrogens is 248 g/mol. The van der Waals surface area contributed by atoms with Crippen LogP contribution in [0.1, 0.15) is 11.4 Å². The number of nitrogens with zero attached hydrogens (tertiary/aromatic N) is 4. The lowest BCUT2D eigenvalue weighted by molar-refractivity contribution is 0.776. The lowest BCUT2D eigenvalue weighted by atomic mass is 10.2. The molecule has 0 aliphatic heterocycles. The van der Waals surface area contributed by atoms with Gasteiger partial charge in [0.05, 0.1) is 6.54 Å². The summed E-state index contributed by atoms with van der Waals surface area (Å²) in [6.45, 7) is 2.69. The summed E-state index contributed by atoms with van der Waals surface area (Å²) in [6, 6.07) is 7.61. The molecule has 3 aromatic rings. The third-order valence-corrected chi connectivity index (χ3v) is 3.05. The number of hydrogen-bond donors (Lipinski definition) is 0. The standard InChI is InChI=1S/C13H11ClN4/c1-9-16-11-2-3-12(14)17-13(11)18(9)8-10-4-6-15-7-5-10/h2-7H,8H2,1H3. The van der Waals surface area contributed by atoms with E-state index in [2.05, 4.69) is 19.5 Å². The molecule has 18 heavy (non-hydrogen) atoms. The first-order chi connectivity index (χ1) is 8.74. The van der Waals surface area contributed by atoms with Gasteiger partial charge in [-0.05, 0) is 36.8 Å². The van der Waals surface area contributed by atoms with Crippen molar-refractivity contribution in [1.29, 1.82) is 0 Å². The molecule has 0 saturated carbocycles. The van der Waals surface area contributed by atoms with Crippen LogP contribution in [0.2, 0.25) is 5.15 Å². The van der Waals surface area contributed by atoms with Crippen molar-refractivity contribution in [2.45, 2.75) is 13.5 Å². The van der Waals surface area contributed by atoms with Crippen LogP contribution in [0.15, 0.2) is 36.7 Å². The van der Waals surface area contributed by atoms with Gasteiger partial charge in [-0.25, -0.2) is 9.97 Å². The predicted octanol–water partition coefficient (Wildman–Crippen LogP) is 2.84. The van der Waals surface area contributed by atoms with E-state index in [9.17, 15) is 0 Å². The zero-order valence-corrected chi connectivity index (χ0v) is 10.6. The largest absolute Gasteiger partial charge is 0.308 e. The molecule has 4 nitrogen and oxygen atoms in total. The van der Waals surface area contributed by atoms with Crippen LogP contribution in [0.4, 0.5) is 0 Å². The van der Waals surface area contributed by atoms with Gasteiger partial charge in [0, 0.05) is 12.4 Å². The molecule has 0 aliphatic rings. The molecular formula is C13H11ClN4. The van der Waals surface area contributed by atoms with Gasteiger partial charge in [-0.15, -0.1) is 0 Å². The SMILES string of the molecule is Cc1nc2ccc(Cl)nc2n1Cc1ccncc1. The van der Waals surface area contributed by atoms with E-state index >= 15 is 0 Å². The van der Waals surface area contributed by atoms with Crippen LogP contribution in [0.25, 0.3) is 11.2 Å². The summed E-state index contributed by atoms with van der Waals surface area (Å²) in [4.78, 5) is 12.8. The number of aromatic nitrogens is 4. The number of aryl methyl sites for hydroxylation is 1. The molecule has 0 spiro atoms. The Balaban J connectivity index is 2.11. The van der Waals surface area contributed by atoms with Gasteiger partial charge >= 0.3 is 0 Å². The van der Waals surface area contributed by atoms with Gasteiger partial charge < -0.3 is 4.57 Å². The molecule has 90 valence electrons. The van der Waals surface area contributed by atoms with Crippen molar-refractivity contribution >= 4 is 22.8 Å². The van der Waals surface area contributed by atoms with Crippen molar-refractivity contribution in [3.8, 4) is 0 Å². The molecule has 5 heteroatoms. The van der Waals surface area contributed by atoms with Crippen LogP contribution in [0.5, 0.6) is 0 Å². The summed E-state index contributed by atoms with van der Waals surface area (Å²) in [5, 5.41) is 0.485. The van der Waals surface area contributed by atoms with E-state index < -0.39 is 0 Å². The Kier molecular flexibility index (Phi) is 2.72. The van der Waals surface area contributed by atoms with Crippen LogP contribution in [-0.4, -0.2) is 19.5 Å². The van der Waals surface area contributed by atoms with E-state index in [0.29, 0.717) is 5.15 Å². The van der Waals surface area contributed by atoms with E-state index in [1.54, 1.807) is 18.5 Å². The molecule has 0 aliphatic carbocycles. The second-order valence-corrected chi connectivity index (χ2v) is 4.46. The van der Waals surface area contributed by atoms with Crippen molar-refractivity contribution < 1.29 is 0 Å². The molecule has 3 heterocycles. The van der Waals surface area contributed by atoms with E-state index in [-0.39, 0.29) is 0 Å². The molecule has 3 aromatic heterocycles. The topological polar surface area (TPSA) is 43.6 Å². The zero-order valence-electron chi connectivity index (χ0n) is 9.84. The maximum absolute atomic E-state index is 5.94. The molecule has 0 aromatic carbocycles. The van der Waals surface area contributed by atoms with E-state index in [0.717, 1.165) is 29.1 Å². The third kappa shape index (κ3) is 1.95. The van der Waals surface area contributed by atoms with Gasteiger partial charge in [0.25, 0.3) is 0 Å². The highest BCUT2D eigenvalue weighted by Crippen LogP contribution is 2.18. The quantitative estimate of drug-likeness (QED) is 0.664. The van der Waals surface area contributed by atoms with Gasteiger partial charge in [-0.1, -0.05) is 11.6 Å². The first-order valence-corrected chi connectivity index (χ1v) is 6.00. The van der Waals surface area contributed by atoms with E-state index in [1.807, 2.05) is 25.1 Å². The lowest BCUT2D eigenvalue weighted by Crippen LogP contribution is -2.03. The number of pyridine rings is 2. The molecule has 0 fully saturated rings. The monoisotopic (exact) mass is 258 g/mol. The van der Waals surface area contributed by atoms with E-state index in [1.165, 1.54) is 0 Å². The molecule has 3 rings (SSSR count). The minimum absolute atomic E-state index is 0.485. The molecule has 0 N–H and O–H groups in total. The summed E-state index contributed by atoms with van der Waals surface area (Å²) in [6.07, 6.45) is 3.56. The Hall–Kier alpha value is -1.94. The first-order valence-electron chi connectivity index (χ1n) is 5.62. The van der Waals surface area contributed by atoms with Crippen molar-refractivity contribution in [1.82, 2.24) is 19.5 Å². The van der Waals surface area contributed by atoms with Gasteiger partial charge in [0.1, 0.15) is 16.5 Å². The Morgan fingerprint density at radius 2 is 1.89 bits per heavy atom. The molecule has 0 unspecified atom stereocenters. The Morgan fingerprint density at radius 3 is 2.67 bits per heavy atom. The van der Waals surface area contributed by atoms with Crippen LogP contribution in [-0.2, 0) is 6.54 Å². The average molecular weight is 259 g/mol. The van der Waals surface area contributed by atoms with E-state index in [4.69, 9.17) is 11.6 Å².